The van der Waals surface area contributed by atoms with E-state index in [2.05, 4.69) is 198 Å². The van der Waals surface area contributed by atoms with Crippen LogP contribution in [0.4, 0.5) is 5.69 Å². The summed E-state index contributed by atoms with van der Waals surface area (Å²) in [4.78, 5) is 11.7. The summed E-state index contributed by atoms with van der Waals surface area (Å²) in [5.41, 5.74) is 32.5. The number of nitrogens with two attached hydrogens (primary N) is 2. The van der Waals surface area contributed by atoms with Crippen LogP contribution in [0.2, 0.25) is 0 Å². The minimum absolute atomic E-state index is 0.0569. The second-order valence-corrected chi connectivity index (χ2v) is 19.4. The quantitative estimate of drug-likeness (QED) is 0.0678. The number of nitrogens with zero attached hydrogens (tertiary/aromatic N) is 4. The van der Waals surface area contributed by atoms with Crippen LogP contribution < -0.4 is 16.8 Å². The largest absolute Gasteiger partial charge is 0.398 e. The zero-order valence-electron chi connectivity index (χ0n) is 41.9. The Morgan fingerprint density at radius 2 is 1.30 bits per heavy atom. The van der Waals surface area contributed by atoms with Crippen LogP contribution in [0, 0.1) is 11.3 Å². The highest BCUT2D eigenvalue weighted by atomic mass is 15.4. The maximum atomic E-state index is 10.8. The Bertz CT molecular complexity index is 3550. The molecule has 0 radical (unpaired) electrons. The van der Waals surface area contributed by atoms with Crippen molar-refractivity contribution in [2.75, 3.05) is 12.8 Å². The number of hydrogen-bond donors (Lipinski definition) is 3. The van der Waals surface area contributed by atoms with E-state index >= 15 is 0 Å². The fourth-order valence-corrected chi connectivity index (χ4v) is 11.2. The van der Waals surface area contributed by atoms with Crippen molar-refractivity contribution in [3.63, 3.8) is 0 Å². The van der Waals surface area contributed by atoms with Gasteiger partial charge in [-0.15, -0.1) is 0 Å². The number of allylic oxidation sites excluding steroid dienone is 10. The highest BCUT2D eigenvalue weighted by molar-refractivity contribution is 6.11. The minimum atomic E-state index is 0.0569. The molecule has 0 aromatic heterocycles. The fraction of sp³-hybridized carbons (Fsp3) is 0.149. The normalized spacial score (nSPS) is 19.8. The Hall–Kier alpha value is -8.83. The van der Waals surface area contributed by atoms with Crippen LogP contribution >= 0.6 is 0 Å². The van der Waals surface area contributed by atoms with Gasteiger partial charge in [-0.1, -0.05) is 195 Å². The lowest BCUT2D eigenvalue weighted by Crippen LogP contribution is -2.39. The molecule has 5 N–H and O–H groups in total. The monoisotopic (exact) mass is 961 g/mol. The molecule has 7 aromatic rings. The van der Waals surface area contributed by atoms with Gasteiger partial charge in [0, 0.05) is 46.6 Å². The van der Waals surface area contributed by atoms with E-state index in [0.29, 0.717) is 11.7 Å². The number of benzene rings is 7. The molecule has 0 saturated carbocycles. The zero-order valence-corrected chi connectivity index (χ0v) is 41.9. The molecule has 4 atom stereocenters. The van der Waals surface area contributed by atoms with E-state index in [4.69, 9.17) is 16.5 Å². The number of hydrogen-bond acceptors (Lipinski definition) is 5. The first-order valence-corrected chi connectivity index (χ1v) is 25.8. The summed E-state index contributed by atoms with van der Waals surface area (Å²) in [6.07, 6.45) is 17.4. The van der Waals surface area contributed by atoms with Crippen molar-refractivity contribution < 1.29 is 0 Å². The Labute approximate surface area is 435 Å². The number of nitrogens with one attached hydrogen (secondary N) is 1. The van der Waals surface area contributed by atoms with Gasteiger partial charge in [0.2, 0.25) is 0 Å². The van der Waals surface area contributed by atoms with E-state index < -0.39 is 0 Å². The Morgan fingerprint density at radius 1 is 0.676 bits per heavy atom. The molecule has 1 saturated heterocycles. The third kappa shape index (κ3) is 9.52. The van der Waals surface area contributed by atoms with Crippen molar-refractivity contribution in [1.82, 2.24) is 10.2 Å². The lowest BCUT2D eigenvalue weighted by molar-refractivity contribution is 0.256. The lowest BCUT2D eigenvalue weighted by Gasteiger charge is -2.37. The SMILES string of the molecule is CCC1NC2C=C(c3ccccc3)C(c3ccccc3)=CC2N1C1=C(c2cccc(-c3cc(C4C=CC(c5cccc(-c6cccc(C(N)=NC(=NC)c7ccccc7)c6)c5)=CC4)ccc3N)c2)C(C#N)=CCC1. The van der Waals surface area contributed by atoms with Crippen LogP contribution in [0.25, 0.3) is 44.5 Å². The first-order chi connectivity index (χ1) is 36.4. The van der Waals surface area contributed by atoms with Crippen LogP contribution in [0.5, 0.6) is 0 Å². The van der Waals surface area contributed by atoms with Crippen molar-refractivity contribution >= 4 is 39.7 Å². The van der Waals surface area contributed by atoms with Gasteiger partial charge in [-0.05, 0) is 117 Å². The molecule has 3 aliphatic carbocycles. The third-order valence-corrected chi connectivity index (χ3v) is 14.9. The van der Waals surface area contributed by atoms with Crippen LogP contribution in [-0.2, 0) is 0 Å². The molecule has 7 aromatic carbocycles. The number of amidine groups is 2. The van der Waals surface area contributed by atoms with Crippen LogP contribution in [0.1, 0.15) is 77.5 Å². The van der Waals surface area contributed by atoms with Gasteiger partial charge in [0.25, 0.3) is 0 Å². The van der Waals surface area contributed by atoms with E-state index in [1.165, 1.54) is 39.1 Å². The van der Waals surface area contributed by atoms with E-state index in [1.54, 1.807) is 7.05 Å². The molecule has 74 heavy (non-hydrogen) atoms. The van der Waals surface area contributed by atoms with E-state index in [-0.39, 0.29) is 24.2 Å². The molecular weight excluding hydrogens is 903 g/mol. The molecule has 0 bridgehead atoms. The number of anilines is 1. The molecule has 362 valence electrons. The summed E-state index contributed by atoms with van der Waals surface area (Å²) in [6, 6.07) is 66.1. The summed E-state index contributed by atoms with van der Waals surface area (Å²) in [5, 5.41) is 14.8. The minimum Gasteiger partial charge on any atom is -0.398 e. The summed E-state index contributed by atoms with van der Waals surface area (Å²) < 4.78 is 0. The topological polar surface area (TPSA) is 116 Å². The number of nitriles is 1. The molecular formula is C67H59N7. The van der Waals surface area contributed by atoms with Gasteiger partial charge in [0.05, 0.1) is 29.9 Å². The van der Waals surface area contributed by atoms with Crippen molar-refractivity contribution in [2.45, 2.75) is 56.8 Å². The smallest absolute Gasteiger partial charge is 0.156 e. The predicted octanol–water partition coefficient (Wildman–Crippen LogP) is 14.0. The molecule has 1 aliphatic heterocycles. The molecule has 7 heteroatoms. The maximum Gasteiger partial charge on any atom is 0.156 e. The first kappa shape index (κ1) is 47.5. The van der Waals surface area contributed by atoms with Gasteiger partial charge in [-0.2, -0.15) is 5.26 Å². The van der Waals surface area contributed by atoms with E-state index in [9.17, 15) is 5.26 Å². The lowest BCUT2D eigenvalue weighted by atomic mass is 9.83. The van der Waals surface area contributed by atoms with Gasteiger partial charge in [0.1, 0.15) is 5.84 Å². The Kier molecular flexibility index (Phi) is 13.5. The summed E-state index contributed by atoms with van der Waals surface area (Å²) in [7, 11) is 1.73. The second kappa shape index (κ2) is 21.1. The molecule has 11 rings (SSSR count). The van der Waals surface area contributed by atoms with Crippen molar-refractivity contribution in [1.29, 1.82) is 5.26 Å². The fourth-order valence-electron chi connectivity index (χ4n) is 11.2. The molecule has 4 unspecified atom stereocenters. The van der Waals surface area contributed by atoms with Gasteiger partial charge in [-0.3, -0.25) is 10.3 Å². The van der Waals surface area contributed by atoms with E-state index in [0.717, 1.165) is 87.0 Å². The predicted molar refractivity (Wildman–Crippen MR) is 308 cm³/mol. The van der Waals surface area contributed by atoms with Crippen molar-refractivity contribution in [3.8, 4) is 28.3 Å². The molecule has 1 heterocycles. The average molecular weight is 962 g/mol. The molecule has 4 aliphatic rings. The van der Waals surface area contributed by atoms with Crippen LogP contribution in [0.15, 0.2) is 240 Å². The first-order valence-electron chi connectivity index (χ1n) is 25.8. The standard InChI is InChI=1S/C67H59N7/c1-3-64-72-61-41-57(46-17-7-4-8-18-46)58(47-19-9-5-10-20-47)42-63(61)74(64)62-30-16-29-56(43-68)65(62)54-27-15-26-53(39-54)59-40-52(35-36-60(59)69)45-33-31-44(32-34-45)49-23-13-24-50(37-49)51-25-14-28-55(38-51)66(70)73-67(71-2)48-21-11-6-12-22-48/h4-15,17-29,31-33,35-42,45,61,63-64,72H,3,16,30,34,69H2,1-2H3,(H2,70,71,73). The number of fused-ring (bicyclic) bond motifs is 1. The van der Waals surface area contributed by atoms with Crippen molar-refractivity contribution in [3.05, 3.63) is 269 Å². The molecule has 0 amide bonds. The summed E-state index contributed by atoms with van der Waals surface area (Å²) in [6.45, 7) is 2.25. The maximum absolute atomic E-state index is 10.8. The molecule has 1 fully saturated rings. The van der Waals surface area contributed by atoms with Crippen LogP contribution in [0.3, 0.4) is 0 Å². The third-order valence-electron chi connectivity index (χ3n) is 14.9. The Balaban J connectivity index is 0.862. The molecule has 0 spiro atoms. The number of aliphatic imine (C=N–C) groups is 2. The van der Waals surface area contributed by atoms with E-state index in [1.807, 2.05) is 48.5 Å². The van der Waals surface area contributed by atoms with Gasteiger partial charge in [0.15, 0.2) is 5.84 Å². The Morgan fingerprint density at radius 3 is 1.99 bits per heavy atom. The number of nitrogen functional groups attached to an aromatic ring is 1. The van der Waals surface area contributed by atoms with Crippen molar-refractivity contribution in [2.24, 2.45) is 15.7 Å². The zero-order chi connectivity index (χ0) is 50.5. The molecule has 7 nitrogen and oxygen atoms in total. The average Bonchev–Trinajstić information content (AvgIpc) is 3.84. The van der Waals surface area contributed by atoms with Gasteiger partial charge >= 0.3 is 0 Å². The number of rotatable bonds is 11. The summed E-state index contributed by atoms with van der Waals surface area (Å²) >= 11 is 0. The van der Waals surface area contributed by atoms with Gasteiger partial charge in [-0.25, -0.2) is 4.99 Å². The second-order valence-electron chi connectivity index (χ2n) is 19.4. The highest BCUT2D eigenvalue weighted by Crippen LogP contribution is 2.45. The summed E-state index contributed by atoms with van der Waals surface area (Å²) in [5.74, 6) is 1.19. The van der Waals surface area contributed by atoms with Crippen LogP contribution in [-0.4, -0.2) is 41.9 Å². The highest BCUT2D eigenvalue weighted by Gasteiger charge is 2.43. The van der Waals surface area contributed by atoms with Gasteiger partial charge < -0.3 is 16.4 Å².